The van der Waals surface area contributed by atoms with Crippen molar-refractivity contribution in [2.45, 2.75) is 46.0 Å². The number of aromatic nitrogens is 1. The Morgan fingerprint density at radius 1 is 1.34 bits per heavy atom. The molecule has 0 saturated carbocycles. The normalized spacial score (nSPS) is 18.6. The Morgan fingerprint density at radius 2 is 2.14 bits per heavy atom. The van der Waals surface area contributed by atoms with Crippen molar-refractivity contribution < 1.29 is 9.59 Å². The predicted octanol–water partition coefficient (Wildman–Crippen LogP) is 4.21. The first kappa shape index (κ1) is 19.8. The molecule has 1 fully saturated rings. The van der Waals surface area contributed by atoms with E-state index in [-0.39, 0.29) is 24.2 Å². The quantitative estimate of drug-likeness (QED) is 0.695. The van der Waals surface area contributed by atoms with Gasteiger partial charge in [-0.3, -0.25) is 14.5 Å². The number of carbonyl (C=O) groups excluding carboxylic acids is 2. The lowest BCUT2D eigenvalue weighted by atomic mass is 10.0. The SMILES string of the molecule is C=CCN(C(=O)C1CC(=O)N(c2cccc(C)c2C)C1)c1nc2c(s1)CCCC2. The van der Waals surface area contributed by atoms with Gasteiger partial charge in [-0.25, -0.2) is 4.98 Å². The van der Waals surface area contributed by atoms with Gasteiger partial charge in [-0.2, -0.15) is 0 Å². The van der Waals surface area contributed by atoms with Crippen molar-refractivity contribution >= 4 is 34.0 Å². The van der Waals surface area contributed by atoms with Crippen molar-refractivity contribution in [1.82, 2.24) is 4.98 Å². The number of rotatable bonds is 5. The summed E-state index contributed by atoms with van der Waals surface area (Å²) in [5.41, 5.74) is 4.28. The topological polar surface area (TPSA) is 53.5 Å². The summed E-state index contributed by atoms with van der Waals surface area (Å²) < 4.78 is 0. The molecule has 1 unspecified atom stereocenters. The fourth-order valence-corrected chi connectivity index (χ4v) is 5.36. The van der Waals surface area contributed by atoms with Gasteiger partial charge in [0.25, 0.3) is 0 Å². The Morgan fingerprint density at radius 3 is 2.90 bits per heavy atom. The minimum absolute atomic E-state index is 0.00837. The van der Waals surface area contributed by atoms with Crippen LogP contribution in [0.25, 0.3) is 0 Å². The number of anilines is 2. The molecule has 2 amide bonds. The molecule has 152 valence electrons. The second-order valence-corrected chi connectivity index (χ2v) is 9.00. The van der Waals surface area contributed by atoms with E-state index in [1.54, 1.807) is 27.2 Å². The van der Waals surface area contributed by atoms with Crippen molar-refractivity contribution in [3.63, 3.8) is 0 Å². The molecule has 0 N–H and O–H groups in total. The van der Waals surface area contributed by atoms with Crippen molar-refractivity contribution in [3.05, 3.63) is 52.6 Å². The molecule has 1 saturated heterocycles. The van der Waals surface area contributed by atoms with E-state index in [4.69, 9.17) is 4.98 Å². The van der Waals surface area contributed by atoms with Gasteiger partial charge in [0, 0.05) is 30.1 Å². The van der Waals surface area contributed by atoms with Crippen LogP contribution in [-0.2, 0) is 22.4 Å². The van der Waals surface area contributed by atoms with Gasteiger partial charge in [-0.05, 0) is 56.7 Å². The van der Waals surface area contributed by atoms with Gasteiger partial charge in [0.05, 0.1) is 11.6 Å². The lowest BCUT2D eigenvalue weighted by Crippen LogP contribution is -2.37. The molecular formula is C23H27N3O2S. The molecule has 29 heavy (non-hydrogen) atoms. The van der Waals surface area contributed by atoms with Gasteiger partial charge < -0.3 is 4.90 Å². The van der Waals surface area contributed by atoms with Gasteiger partial charge in [0.15, 0.2) is 5.13 Å². The van der Waals surface area contributed by atoms with Gasteiger partial charge in [0.1, 0.15) is 0 Å². The molecule has 0 radical (unpaired) electrons. The maximum absolute atomic E-state index is 13.4. The zero-order chi connectivity index (χ0) is 20.5. The van der Waals surface area contributed by atoms with E-state index in [0.717, 1.165) is 46.9 Å². The van der Waals surface area contributed by atoms with Crippen LogP contribution < -0.4 is 9.80 Å². The molecular weight excluding hydrogens is 382 g/mol. The van der Waals surface area contributed by atoms with E-state index in [1.807, 2.05) is 32.0 Å². The average molecular weight is 410 g/mol. The van der Waals surface area contributed by atoms with Gasteiger partial charge >= 0.3 is 0 Å². The number of thiazole rings is 1. The summed E-state index contributed by atoms with van der Waals surface area (Å²) in [6.45, 7) is 8.72. The molecule has 0 bridgehead atoms. The standard InChI is InChI=1S/C23H27N3O2S/c1-4-12-25(23-24-18-9-5-6-11-20(18)29-23)22(28)17-13-21(27)26(14-17)19-10-7-8-15(2)16(19)3/h4,7-8,10,17H,1,5-6,9,11-14H2,2-3H3. The third-order valence-electron chi connectivity index (χ3n) is 5.98. The summed E-state index contributed by atoms with van der Waals surface area (Å²) in [7, 11) is 0. The van der Waals surface area contributed by atoms with Crippen molar-refractivity contribution in [3.8, 4) is 0 Å². The summed E-state index contributed by atoms with van der Waals surface area (Å²) in [4.78, 5) is 35.7. The summed E-state index contributed by atoms with van der Waals surface area (Å²) in [5, 5.41) is 0.749. The molecule has 1 atom stereocenters. The fraction of sp³-hybridized carbons (Fsp3) is 0.435. The highest BCUT2D eigenvalue weighted by Crippen LogP contribution is 2.35. The number of carbonyl (C=O) groups is 2. The Kier molecular flexibility index (Phi) is 5.54. The van der Waals surface area contributed by atoms with Crippen LogP contribution in [0.15, 0.2) is 30.9 Å². The van der Waals surface area contributed by atoms with Crippen LogP contribution in [0.1, 0.15) is 41.0 Å². The van der Waals surface area contributed by atoms with E-state index < -0.39 is 0 Å². The molecule has 4 rings (SSSR count). The van der Waals surface area contributed by atoms with Gasteiger partial charge in [-0.15, -0.1) is 17.9 Å². The number of nitrogens with zero attached hydrogens (tertiary/aromatic N) is 3. The molecule has 1 aliphatic carbocycles. The van der Waals surface area contributed by atoms with Crippen molar-refractivity contribution in [1.29, 1.82) is 0 Å². The third kappa shape index (κ3) is 3.73. The molecule has 2 aliphatic rings. The number of benzene rings is 1. The van der Waals surface area contributed by atoms with Crippen molar-refractivity contribution in [2.24, 2.45) is 5.92 Å². The van der Waals surface area contributed by atoms with E-state index in [9.17, 15) is 9.59 Å². The van der Waals surface area contributed by atoms with Crippen LogP contribution in [-0.4, -0.2) is 29.9 Å². The maximum Gasteiger partial charge on any atom is 0.234 e. The average Bonchev–Trinajstić information content (AvgIpc) is 3.31. The van der Waals surface area contributed by atoms with Crippen LogP contribution in [0.2, 0.25) is 0 Å². The van der Waals surface area contributed by atoms with Gasteiger partial charge in [0.2, 0.25) is 11.8 Å². The molecule has 5 nitrogen and oxygen atoms in total. The van der Waals surface area contributed by atoms with Crippen LogP contribution in [0.4, 0.5) is 10.8 Å². The number of amides is 2. The first-order chi connectivity index (χ1) is 14.0. The Bertz CT molecular complexity index is 942. The van der Waals surface area contributed by atoms with Crippen LogP contribution in [0.5, 0.6) is 0 Å². The van der Waals surface area contributed by atoms with Gasteiger partial charge in [-0.1, -0.05) is 18.2 Å². The zero-order valence-corrected chi connectivity index (χ0v) is 17.9. The number of aryl methyl sites for hydroxylation is 3. The number of fused-ring (bicyclic) bond motifs is 1. The van der Waals surface area contributed by atoms with Crippen molar-refractivity contribution in [2.75, 3.05) is 22.9 Å². The van der Waals surface area contributed by atoms with E-state index in [0.29, 0.717) is 13.1 Å². The fourth-order valence-electron chi connectivity index (χ4n) is 4.20. The van der Waals surface area contributed by atoms with E-state index in [2.05, 4.69) is 6.58 Å². The van der Waals surface area contributed by atoms with E-state index >= 15 is 0 Å². The minimum Gasteiger partial charge on any atom is -0.311 e. The second kappa shape index (κ2) is 8.11. The Labute approximate surface area is 176 Å². The number of hydrogen-bond acceptors (Lipinski definition) is 4. The molecule has 2 aromatic rings. The highest BCUT2D eigenvalue weighted by Gasteiger charge is 2.38. The lowest BCUT2D eigenvalue weighted by molar-refractivity contribution is -0.124. The largest absolute Gasteiger partial charge is 0.311 e. The number of hydrogen-bond donors (Lipinski definition) is 0. The van der Waals surface area contributed by atoms with Crippen LogP contribution >= 0.6 is 11.3 Å². The summed E-state index contributed by atoms with van der Waals surface area (Å²) in [6.07, 6.45) is 6.36. The molecule has 1 aromatic heterocycles. The molecule has 1 aromatic carbocycles. The maximum atomic E-state index is 13.4. The highest BCUT2D eigenvalue weighted by molar-refractivity contribution is 7.16. The second-order valence-electron chi connectivity index (χ2n) is 7.94. The van der Waals surface area contributed by atoms with E-state index in [1.165, 1.54) is 11.3 Å². The lowest BCUT2D eigenvalue weighted by Gasteiger charge is -2.23. The monoisotopic (exact) mass is 409 g/mol. The summed E-state index contributed by atoms with van der Waals surface area (Å²) in [5.74, 6) is -0.380. The smallest absolute Gasteiger partial charge is 0.234 e. The first-order valence-corrected chi connectivity index (χ1v) is 11.1. The Hall–Kier alpha value is -2.47. The highest BCUT2D eigenvalue weighted by atomic mass is 32.1. The first-order valence-electron chi connectivity index (χ1n) is 10.3. The summed E-state index contributed by atoms with van der Waals surface area (Å²) in [6, 6.07) is 5.96. The zero-order valence-electron chi connectivity index (χ0n) is 17.1. The van der Waals surface area contributed by atoms with Crippen LogP contribution in [0, 0.1) is 19.8 Å². The minimum atomic E-state index is -0.358. The molecule has 0 spiro atoms. The van der Waals surface area contributed by atoms with Crippen LogP contribution in [0.3, 0.4) is 0 Å². The molecule has 2 heterocycles. The Balaban J connectivity index is 1.57. The third-order valence-corrected chi connectivity index (χ3v) is 7.16. The molecule has 6 heteroatoms. The predicted molar refractivity (Wildman–Crippen MR) is 118 cm³/mol. The molecule has 1 aliphatic heterocycles. The summed E-state index contributed by atoms with van der Waals surface area (Å²) >= 11 is 1.62.